The topological polar surface area (TPSA) is 90.5 Å². The smallest absolute Gasteiger partial charge is 0.409 e. The zero-order chi connectivity index (χ0) is 19.4. The van der Waals surface area contributed by atoms with Gasteiger partial charge in [0, 0.05) is 58.3 Å². The molecule has 0 atom stereocenters. The maximum Gasteiger partial charge on any atom is 0.409 e. The van der Waals surface area contributed by atoms with Crippen LogP contribution in [0.2, 0.25) is 0 Å². The van der Waals surface area contributed by atoms with Gasteiger partial charge < -0.3 is 14.5 Å². The van der Waals surface area contributed by atoms with E-state index < -0.39 is 16.3 Å². The van der Waals surface area contributed by atoms with Gasteiger partial charge in [0.05, 0.1) is 6.61 Å². The first-order valence-electron chi connectivity index (χ1n) is 9.89. The summed E-state index contributed by atoms with van der Waals surface area (Å²) in [6.07, 6.45) is 2.90. The molecule has 3 saturated heterocycles. The van der Waals surface area contributed by atoms with E-state index in [1.54, 1.807) is 6.92 Å². The van der Waals surface area contributed by atoms with Gasteiger partial charge in [-0.15, -0.1) is 0 Å². The van der Waals surface area contributed by atoms with E-state index in [1.807, 2.05) is 4.90 Å². The van der Waals surface area contributed by atoms with Crippen LogP contribution in [0, 0.1) is 5.92 Å². The van der Waals surface area contributed by atoms with Gasteiger partial charge in [-0.1, -0.05) is 0 Å². The van der Waals surface area contributed by atoms with Gasteiger partial charge in [0.25, 0.3) is 10.2 Å². The third-order valence-corrected chi connectivity index (χ3v) is 7.67. The normalized spacial score (nSPS) is 23.6. The van der Waals surface area contributed by atoms with Crippen LogP contribution in [0.1, 0.15) is 32.6 Å². The molecule has 154 valence electrons. The molecule has 0 N–H and O–H groups in total. The summed E-state index contributed by atoms with van der Waals surface area (Å²) in [7, 11) is -3.55. The number of likely N-dealkylation sites (tertiary alicyclic amines) is 1. The molecule has 0 aromatic rings. The van der Waals surface area contributed by atoms with Gasteiger partial charge in [-0.25, -0.2) is 4.79 Å². The van der Waals surface area contributed by atoms with Crippen molar-refractivity contribution in [2.45, 2.75) is 32.6 Å². The number of hydrogen-bond acceptors (Lipinski definition) is 5. The standard InChI is InChI=1S/C17H30N4O5S/c1-2-26-17(23)19-11-13-21(14-12-19)27(24,25)20-9-5-15(6-10-20)16(22)18-7-3-4-8-18/h15H,2-14H2,1H3. The van der Waals surface area contributed by atoms with Crippen molar-refractivity contribution >= 4 is 22.2 Å². The van der Waals surface area contributed by atoms with Gasteiger partial charge >= 0.3 is 6.09 Å². The second-order valence-electron chi connectivity index (χ2n) is 7.30. The van der Waals surface area contributed by atoms with E-state index in [-0.39, 0.29) is 24.9 Å². The van der Waals surface area contributed by atoms with Crippen molar-refractivity contribution in [3.8, 4) is 0 Å². The lowest BCUT2D eigenvalue weighted by Gasteiger charge is -2.38. The number of piperidine rings is 1. The summed E-state index contributed by atoms with van der Waals surface area (Å²) in [5.74, 6) is 0.128. The number of ether oxygens (including phenoxy) is 1. The molecule has 10 heteroatoms. The van der Waals surface area contributed by atoms with Crippen LogP contribution in [0.3, 0.4) is 0 Å². The predicted octanol–water partition coefficient (Wildman–Crippen LogP) is 0.340. The van der Waals surface area contributed by atoms with Crippen LogP contribution in [-0.4, -0.2) is 97.8 Å². The molecular weight excluding hydrogens is 372 g/mol. The lowest BCUT2D eigenvalue weighted by Crippen LogP contribution is -2.55. The predicted molar refractivity (Wildman–Crippen MR) is 99.2 cm³/mol. The van der Waals surface area contributed by atoms with Crippen LogP contribution in [0.5, 0.6) is 0 Å². The van der Waals surface area contributed by atoms with Gasteiger partial charge in [0.2, 0.25) is 5.91 Å². The number of piperazine rings is 1. The first-order valence-corrected chi connectivity index (χ1v) is 11.3. The average Bonchev–Trinajstić information content (AvgIpc) is 3.22. The molecule has 0 spiro atoms. The van der Waals surface area contributed by atoms with Crippen LogP contribution in [-0.2, 0) is 19.7 Å². The minimum absolute atomic E-state index is 0.0600. The number of carbonyl (C=O) groups is 2. The fourth-order valence-corrected chi connectivity index (χ4v) is 5.63. The van der Waals surface area contributed by atoms with Crippen LogP contribution >= 0.6 is 0 Å². The highest BCUT2D eigenvalue weighted by Gasteiger charge is 2.38. The first kappa shape index (κ1) is 20.3. The highest BCUT2D eigenvalue weighted by molar-refractivity contribution is 7.86. The van der Waals surface area contributed by atoms with E-state index in [4.69, 9.17) is 4.74 Å². The summed E-state index contributed by atoms with van der Waals surface area (Å²) >= 11 is 0. The molecule has 3 aliphatic heterocycles. The van der Waals surface area contributed by atoms with Crippen molar-refractivity contribution in [3.63, 3.8) is 0 Å². The molecule has 0 aliphatic carbocycles. The average molecular weight is 403 g/mol. The molecule has 3 heterocycles. The minimum Gasteiger partial charge on any atom is -0.450 e. The summed E-state index contributed by atoms with van der Waals surface area (Å²) in [4.78, 5) is 27.7. The van der Waals surface area contributed by atoms with Crippen molar-refractivity contribution in [3.05, 3.63) is 0 Å². The van der Waals surface area contributed by atoms with E-state index in [9.17, 15) is 18.0 Å². The fraction of sp³-hybridized carbons (Fsp3) is 0.882. The molecule has 0 aromatic carbocycles. The maximum atomic E-state index is 12.9. The summed E-state index contributed by atoms with van der Waals surface area (Å²) in [5.41, 5.74) is 0. The second kappa shape index (κ2) is 8.74. The third-order valence-electron chi connectivity index (χ3n) is 5.64. The second-order valence-corrected chi connectivity index (χ2v) is 9.23. The number of hydrogen-bond donors (Lipinski definition) is 0. The Morgan fingerprint density at radius 1 is 0.852 bits per heavy atom. The Balaban J connectivity index is 1.50. The molecule has 3 rings (SSSR count). The molecular formula is C17H30N4O5S. The largest absolute Gasteiger partial charge is 0.450 e. The summed E-state index contributed by atoms with van der Waals surface area (Å²) < 4.78 is 33.7. The molecule has 27 heavy (non-hydrogen) atoms. The van der Waals surface area contributed by atoms with Crippen molar-refractivity contribution in [2.75, 3.05) is 59.0 Å². The van der Waals surface area contributed by atoms with Crippen LogP contribution < -0.4 is 0 Å². The fourth-order valence-electron chi connectivity index (χ4n) is 4.01. The first-order chi connectivity index (χ1) is 12.9. The van der Waals surface area contributed by atoms with Crippen LogP contribution in [0.15, 0.2) is 0 Å². The monoisotopic (exact) mass is 402 g/mol. The van der Waals surface area contributed by atoms with E-state index >= 15 is 0 Å². The van der Waals surface area contributed by atoms with Gasteiger partial charge in [0.15, 0.2) is 0 Å². The molecule has 3 fully saturated rings. The Morgan fingerprint density at radius 3 is 1.96 bits per heavy atom. The molecule has 0 saturated carbocycles. The molecule has 0 aromatic heterocycles. The Bertz CT molecular complexity index is 634. The molecule has 3 aliphatic rings. The lowest BCUT2D eigenvalue weighted by molar-refractivity contribution is -0.135. The van der Waals surface area contributed by atoms with Crippen molar-refractivity contribution in [1.29, 1.82) is 0 Å². The highest BCUT2D eigenvalue weighted by Crippen LogP contribution is 2.25. The minimum atomic E-state index is -3.55. The van der Waals surface area contributed by atoms with E-state index in [1.165, 1.54) is 13.5 Å². The number of amides is 2. The Hall–Kier alpha value is -1.39. The van der Waals surface area contributed by atoms with Gasteiger partial charge in [-0.3, -0.25) is 4.79 Å². The highest BCUT2D eigenvalue weighted by atomic mass is 32.2. The summed E-state index contributed by atoms with van der Waals surface area (Å²) in [6.45, 7) is 5.70. The third kappa shape index (κ3) is 4.55. The molecule has 2 amide bonds. The molecule has 0 unspecified atom stereocenters. The number of rotatable bonds is 4. The maximum absolute atomic E-state index is 12.9. The lowest BCUT2D eigenvalue weighted by atomic mass is 9.97. The summed E-state index contributed by atoms with van der Waals surface area (Å²) in [6, 6.07) is 0. The molecule has 0 radical (unpaired) electrons. The van der Waals surface area contributed by atoms with E-state index in [0.29, 0.717) is 45.6 Å². The van der Waals surface area contributed by atoms with Crippen molar-refractivity contribution in [2.24, 2.45) is 5.92 Å². The molecule has 0 bridgehead atoms. The Kier molecular flexibility index (Phi) is 6.59. The van der Waals surface area contributed by atoms with Crippen molar-refractivity contribution in [1.82, 2.24) is 18.4 Å². The van der Waals surface area contributed by atoms with Crippen LogP contribution in [0.25, 0.3) is 0 Å². The van der Waals surface area contributed by atoms with E-state index in [2.05, 4.69) is 0 Å². The molecule has 9 nitrogen and oxygen atoms in total. The van der Waals surface area contributed by atoms with Gasteiger partial charge in [0.1, 0.15) is 0 Å². The number of nitrogens with zero attached hydrogens (tertiary/aromatic N) is 4. The quantitative estimate of drug-likeness (QED) is 0.676. The van der Waals surface area contributed by atoms with Gasteiger partial charge in [-0.2, -0.15) is 17.0 Å². The summed E-state index contributed by atoms with van der Waals surface area (Å²) in [5, 5.41) is 0. The zero-order valence-corrected chi connectivity index (χ0v) is 16.8. The van der Waals surface area contributed by atoms with Crippen molar-refractivity contribution < 1.29 is 22.7 Å². The van der Waals surface area contributed by atoms with Crippen LogP contribution in [0.4, 0.5) is 4.79 Å². The van der Waals surface area contributed by atoms with E-state index in [0.717, 1.165) is 25.9 Å². The van der Waals surface area contributed by atoms with Gasteiger partial charge in [-0.05, 0) is 32.6 Å². The number of carbonyl (C=O) groups excluding carboxylic acids is 2. The Labute approximate surface area is 161 Å². The Morgan fingerprint density at radius 2 is 1.41 bits per heavy atom. The SMILES string of the molecule is CCOC(=O)N1CCN(S(=O)(=O)N2CCC(C(=O)N3CCCC3)CC2)CC1. The zero-order valence-electron chi connectivity index (χ0n) is 16.0.